The number of ether oxygens (including phenoxy) is 1. The Hall–Kier alpha value is -1.32. The van der Waals surface area contributed by atoms with Crippen LogP contribution < -0.4 is 4.74 Å². The first kappa shape index (κ1) is 13.7. The summed E-state index contributed by atoms with van der Waals surface area (Å²) in [5.41, 5.74) is 2.43. The Morgan fingerprint density at radius 3 is 2.60 bits per heavy atom. The number of rotatable bonds is 4. The van der Waals surface area contributed by atoms with Gasteiger partial charge in [0.2, 0.25) is 0 Å². The van der Waals surface area contributed by atoms with Crippen LogP contribution in [0.5, 0.6) is 5.75 Å². The highest BCUT2D eigenvalue weighted by molar-refractivity contribution is 9.10. The third kappa shape index (κ3) is 2.89. The van der Waals surface area contributed by atoms with E-state index >= 15 is 0 Å². The van der Waals surface area contributed by atoms with E-state index in [0.717, 1.165) is 28.6 Å². The van der Waals surface area contributed by atoms with E-state index in [1.165, 1.54) is 5.56 Å². The van der Waals surface area contributed by atoms with E-state index in [4.69, 9.17) is 4.74 Å². The van der Waals surface area contributed by atoms with Gasteiger partial charge in [-0.25, -0.2) is 0 Å². The first-order valence-electron chi connectivity index (χ1n) is 6.87. The lowest BCUT2D eigenvalue weighted by molar-refractivity contribution is 0.179. The maximum absolute atomic E-state index is 9.66. The second kappa shape index (κ2) is 5.98. The van der Waals surface area contributed by atoms with Crippen LogP contribution in [0, 0.1) is 0 Å². The molecule has 2 aromatic carbocycles. The van der Waals surface area contributed by atoms with Crippen molar-refractivity contribution >= 4 is 15.9 Å². The molecule has 3 heteroatoms. The fourth-order valence-electron chi connectivity index (χ4n) is 2.75. The van der Waals surface area contributed by atoms with Gasteiger partial charge in [-0.2, -0.15) is 0 Å². The van der Waals surface area contributed by atoms with Gasteiger partial charge < -0.3 is 9.84 Å². The fourth-order valence-corrected chi connectivity index (χ4v) is 3.02. The zero-order chi connectivity index (χ0) is 13.9. The lowest BCUT2D eigenvalue weighted by atomic mass is 9.92. The molecule has 0 amide bonds. The zero-order valence-corrected chi connectivity index (χ0v) is 12.7. The fraction of sp³-hybridized carbons (Fsp3) is 0.294. The SMILES string of the molecule is OCC(CC1Cc2ccccc2O1)c1ccc(Br)cc1. The number of halogens is 1. The summed E-state index contributed by atoms with van der Waals surface area (Å²) in [5.74, 6) is 1.12. The van der Waals surface area contributed by atoms with Crippen LogP contribution in [0.1, 0.15) is 23.5 Å². The minimum Gasteiger partial charge on any atom is -0.490 e. The normalized spacial score (nSPS) is 18.4. The van der Waals surface area contributed by atoms with Gasteiger partial charge in [0.1, 0.15) is 11.9 Å². The summed E-state index contributed by atoms with van der Waals surface area (Å²) in [4.78, 5) is 0. The van der Waals surface area contributed by atoms with E-state index in [0.29, 0.717) is 0 Å². The molecule has 0 bridgehead atoms. The van der Waals surface area contributed by atoms with Gasteiger partial charge in [-0.3, -0.25) is 0 Å². The third-order valence-electron chi connectivity index (χ3n) is 3.82. The van der Waals surface area contributed by atoms with Crippen molar-refractivity contribution in [1.29, 1.82) is 0 Å². The van der Waals surface area contributed by atoms with Crippen molar-refractivity contribution < 1.29 is 9.84 Å². The lowest BCUT2D eigenvalue weighted by Gasteiger charge is -2.19. The zero-order valence-electron chi connectivity index (χ0n) is 11.1. The predicted octanol–water partition coefficient (Wildman–Crippen LogP) is 3.92. The van der Waals surface area contributed by atoms with Crippen LogP contribution in [-0.4, -0.2) is 17.8 Å². The molecule has 20 heavy (non-hydrogen) atoms. The Balaban J connectivity index is 1.69. The van der Waals surface area contributed by atoms with E-state index in [9.17, 15) is 5.11 Å². The van der Waals surface area contributed by atoms with Gasteiger partial charge >= 0.3 is 0 Å². The highest BCUT2D eigenvalue weighted by Gasteiger charge is 2.25. The topological polar surface area (TPSA) is 29.5 Å². The molecule has 0 saturated heterocycles. The summed E-state index contributed by atoms with van der Waals surface area (Å²) in [6.07, 6.45) is 1.93. The van der Waals surface area contributed by atoms with Crippen LogP contribution in [0.15, 0.2) is 53.0 Å². The Morgan fingerprint density at radius 2 is 1.90 bits per heavy atom. The summed E-state index contributed by atoms with van der Waals surface area (Å²) in [5, 5.41) is 9.66. The second-order valence-corrected chi connectivity index (χ2v) is 6.13. The molecule has 0 radical (unpaired) electrons. The van der Waals surface area contributed by atoms with Crippen molar-refractivity contribution in [1.82, 2.24) is 0 Å². The van der Waals surface area contributed by atoms with Gasteiger partial charge in [0.25, 0.3) is 0 Å². The minimum atomic E-state index is 0.127. The first-order chi connectivity index (χ1) is 9.76. The van der Waals surface area contributed by atoms with E-state index in [-0.39, 0.29) is 18.6 Å². The smallest absolute Gasteiger partial charge is 0.123 e. The quantitative estimate of drug-likeness (QED) is 0.919. The number of hydrogen-bond donors (Lipinski definition) is 1. The number of benzene rings is 2. The highest BCUT2D eigenvalue weighted by Crippen LogP contribution is 2.33. The number of para-hydroxylation sites is 1. The lowest BCUT2D eigenvalue weighted by Crippen LogP contribution is -2.19. The van der Waals surface area contributed by atoms with Crippen molar-refractivity contribution in [3.8, 4) is 5.75 Å². The van der Waals surface area contributed by atoms with Crippen LogP contribution in [0.4, 0.5) is 0 Å². The van der Waals surface area contributed by atoms with Crippen molar-refractivity contribution in [2.75, 3.05) is 6.61 Å². The predicted molar refractivity (Wildman–Crippen MR) is 83.1 cm³/mol. The van der Waals surface area contributed by atoms with Crippen LogP contribution in [-0.2, 0) is 6.42 Å². The van der Waals surface area contributed by atoms with Gasteiger partial charge in [0.15, 0.2) is 0 Å². The van der Waals surface area contributed by atoms with Crippen molar-refractivity contribution in [2.45, 2.75) is 24.9 Å². The second-order valence-electron chi connectivity index (χ2n) is 5.22. The molecule has 2 atom stereocenters. The minimum absolute atomic E-state index is 0.127. The molecule has 2 nitrogen and oxygen atoms in total. The summed E-state index contributed by atoms with van der Waals surface area (Å²) in [7, 11) is 0. The van der Waals surface area contributed by atoms with Gasteiger partial charge in [0.05, 0.1) is 6.61 Å². The van der Waals surface area contributed by atoms with E-state index in [1.54, 1.807) is 0 Å². The number of fused-ring (bicyclic) bond motifs is 1. The maximum atomic E-state index is 9.66. The molecule has 0 aromatic heterocycles. The Morgan fingerprint density at radius 1 is 1.15 bits per heavy atom. The van der Waals surface area contributed by atoms with Crippen LogP contribution in [0.2, 0.25) is 0 Å². The third-order valence-corrected chi connectivity index (χ3v) is 4.35. The summed E-state index contributed by atoms with van der Waals surface area (Å²) >= 11 is 3.44. The number of aliphatic hydroxyl groups is 1. The molecular weight excluding hydrogens is 316 g/mol. The molecule has 1 N–H and O–H groups in total. The van der Waals surface area contributed by atoms with Crippen LogP contribution in [0.3, 0.4) is 0 Å². The number of aliphatic hydroxyl groups excluding tert-OH is 1. The molecule has 1 aliphatic rings. The standard InChI is InChI=1S/C17H17BrO2/c18-15-7-5-12(6-8-15)14(11-19)10-16-9-13-3-1-2-4-17(13)20-16/h1-8,14,16,19H,9-11H2. The molecule has 0 aliphatic carbocycles. The Kier molecular flexibility index (Phi) is 4.08. The average Bonchev–Trinajstić information content (AvgIpc) is 2.88. The molecular formula is C17H17BrO2. The van der Waals surface area contributed by atoms with Gasteiger partial charge in [-0.15, -0.1) is 0 Å². The molecule has 1 aliphatic heterocycles. The Bertz CT molecular complexity index is 555. The van der Waals surface area contributed by atoms with Gasteiger partial charge in [-0.05, 0) is 35.7 Å². The van der Waals surface area contributed by atoms with Crippen molar-refractivity contribution in [2.24, 2.45) is 0 Å². The van der Waals surface area contributed by atoms with Crippen LogP contribution in [0.25, 0.3) is 0 Å². The molecule has 2 aromatic rings. The average molecular weight is 333 g/mol. The summed E-state index contributed by atoms with van der Waals surface area (Å²) in [6.45, 7) is 0.151. The molecule has 0 spiro atoms. The molecule has 3 rings (SSSR count). The largest absolute Gasteiger partial charge is 0.490 e. The van der Waals surface area contributed by atoms with Crippen molar-refractivity contribution in [3.63, 3.8) is 0 Å². The van der Waals surface area contributed by atoms with E-state index in [2.05, 4.69) is 34.1 Å². The molecule has 2 unspecified atom stereocenters. The summed E-state index contributed by atoms with van der Waals surface area (Å²) < 4.78 is 7.02. The first-order valence-corrected chi connectivity index (χ1v) is 7.66. The van der Waals surface area contributed by atoms with Crippen molar-refractivity contribution in [3.05, 3.63) is 64.1 Å². The van der Waals surface area contributed by atoms with Gasteiger partial charge in [-0.1, -0.05) is 46.3 Å². The maximum Gasteiger partial charge on any atom is 0.123 e. The number of hydrogen-bond acceptors (Lipinski definition) is 2. The van der Waals surface area contributed by atoms with E-state index in [1.807, 2.05) is 30.3 Å². The molecule has 1 heterocycles. The molecule has 0 saturated carbocycles. The summed E-state index contributed by atoms with van der Waals surface area (Å²) in [6, 6.07) is 16.3. The van der Waals surface area contributed by atoms with Gasteiger partial charge in [0, 0.05) is 16.8 Å². The Labute approximate surface area is 127 Å². The monoisotopic (exact) mass is 332 g/mol. The molecule has 0 fully saturated rings. The van der Waals surface area contributed by atoms with Crippen LogP contribution >= 0.6 is 15.9 Å². The molecule has 104 valence electrons. The van der Waals surface area contributed by atoms with E-state index < -0.39 is 0 Å². The highest BCUT2D eigenvalue weighted by atomic mass is 79.9.